The monoisotopic (exact) mass is 410 g/mol. The van der Waals surface area contributed by atoms with Gasteiger partial charge in [-0.3, -0.25) is 4.79 Å². The maximum Gasteiger partial charge on any atom is 0.241 e. The molecule has 2 N–H and O–H groups in total. The lowest BCUT2D eigenvalue weighted by molar-refractivity contribution is -0.118. The SMILES string of the molecule is CC(C)(C)NS(=O)(=O)c1ccccc1CNC(=O)CSc1ccc(F)cc1. The van der Waals surface area contributed by atoms with Gasteiger partial charge in [0.1, 0.15) is 5.82 Å². The molecule has 0 bridgehead atoms. The first kappa shape index (κ1) is 21.4. The Bertz CT molecular complexity index is 892. The molecule has 0 aliphatic heterocycles. The Morgan fingerprint density at radius 1 is 1.07 bits per heavy atom. The minimum atomic E-state index is -3.70. The molecule has 1 amide bonds. The second-order valence-electron chi connectivity index (χ2n) is 6.98. The van der Waals surface area contributed by atoms with Crippen LogP contribution in [0, 0.1) is 5.82 Å². The summed E-state index contributed by atoms with van der Waals surface area (Å²) < 4.78 is 40.7. The molecular formula is C19H23FN2O3S2. The molecule has 0 saturated heterocycles. The van der Waals surface area contributed by atoms with E-state index in [-0.39, 0.29) is 28.9 Å². The summed E-state index contributed by atoms with van der Waals surface area (Å²) in [6, 6.07) is 12.4. The van der Waals surface area contributed by atoms with Gasteiger partial charge in [-0.1, -0.05) is 18.2 Å². The normalized spacial score (nSPS) is 12.0. The van der Waals surface area contributed by atoms with Gasteiger partial charge in [-0.15, -0.1) is 11.8 Å². The summed E-state index contributed by atoms with van der Waals surface area (Å²) in [5.74, 6) is -0.411. The van der Waals surface area contributed by atoms with Crippen molar-refractivity contribution in [2.45, 2.75) is 42.6 Å². The van der Waals surface area contributed by atoms with E-state index in [0.717, 1.165) is 4.90 Å². The highest BCUT2D eigenvalue weighted by atomic mass is 32.2. The summed E-state index contributed by atoms with van der Waals surface area (Å²) in [4.78, 5) is 13.0. The predicted molar refractivity (Wildman–Crippen MR) is 105 cm³/mol. The topological polar surface area (TPSA) is 75.3 Å². The molecule has 0 aromatic heterocycles. The number of hydrogen-bond acceptors (Lipinski definition) is 4. The predicted octanol–water partition coefficient (Wildman–Crippen LogP) is 3.31. The Morgan fingerprint density at radius 2 is 1.70 bits per heavy atom. The molecular weight excluding hydrogens is 387 g/mol. The zero-order chi connectivity index (χ0) is 20.1. The largest absolute Gasteiger partial charge is 0.351 e. The van der Waals surface area contributed by atoms with Crippen LogP contribution in [0.5, 0.6) is 0 Å². The third-order valence-electron chi connectivity index (χ3n) is 3.36. The van der Waals surface area contributed by atoms with Crippen LogP contribution >= 0.6 is 11.8 Å². The van der Waals surface area contributed by atoms with E-state index in [2.05, 4.69) is 10.0 Å². The zero-order valence-electron chi connectivity index (χ0n) is 15.5. The molecule has 0 fully saturated rings. The summed E-state index contributed by atoms with van der Waals surface area (Å²) in [5.41, 5.74) is -0.101. The maximum absolute atomic E-state index is 12.9. The minimum absolute atomic E-state index is 0.101. The molecule has 0 saturated carbocycles. The van der Waals surface area contributed by atoms with Crippen LogP contribution in [0.25, 0.3) is 0 Å². The van der Waals surface area contributed by atoms with Gasteiger partial charge in [-0.25, -0.2) is 17.5 Å². The van der Waals surface area contributed by atoms with Gasteiger partial charge >= 0.3 is 0 Å². The Balaban J connectivity index is 1.99. The molecule has 0 unspecified atom stereocenters. The highest BCUT2D eigenvalue weighted by Crippen LogP contribution is 2.19. The van der Waals surface area contributed by atoms with Crippen LogP contribution in [0.1, 0.15) is 26.3 Å². The maximum atomic E-state index is 12.9. The first-order valence-electron chi connectivity index (χ1n) is 8.34. The molecule has 5 nitrogen and oxygen atoms in total. The summed E-state index contributed by atoms with van der Waals surface area (Å²) in [6.45, 7) is 5.40. The van der Waals surface area contributed by atoms with Gasteiger partial charge < -0.3 is 5.32 Å². The molecule has 0 radical (unpaired) electrons. The van der Waals surface area contributed by atoms with Crippen LogP contribution in [-0.4, -0.2) is 25.6 Å². The highest BCUT2D eigenvalue weighted by Gasteiger charge is 2.24. The van der Waals surface area contributed by atoms with Crippen LogP contribution in [-0.2, 0) is 21.4 Å². The van der Waals surface area contributed by atoms with E-state index in [1.807, 2.05) is 0 Å². The fraction of sp³-hybridized carbons (Fsp3) is 0.316. The van der Waals surface area contributed by atoms with Crippen LogP contribution in [0.15, 0.2) is 58.3 Å². The van der Waals surface area contributed by atoms with Gasteiger partial charge in [0.2, 0.25) is 15.9 Å². The fourth-order valence-corrected chi connectivity index (χ4v) is 4.68. The van der Waals surface area contributed by atoms with E-state index in [1.54, 1.807) is 51.1 Å². The van der Waals surface area contributed by atoms with E-state index in [4.69, 9.17) is 0 Å². The van der Waals surface area contributed by atoms with Gasteiger partial charge in [0, 0.05) is 17.0 Å². The first-order valence-corrected chi connectivity index (χ1v) is 10.8. The van der Waals surface area contributed by atoms with Crippen molar-refractivity contribution in [1.82, 2.24) is 10.0 Å². The highest BCUT2D eigenvalue weighted by molar-refractivity contribution is 8.00. The average Bonchev–Trinajstić information content (AvgIpc) is 2.57. The first-order chi connectivity index (χ1) is 12.6. The standard InChI is InChI=1S/C19H23FN2O3S2/c1-19(2,3)22-27(24,25)17-7-5-4-6-14(17)12-21-18(23)13-26-16-10-8-15(20)9-11-16/h4-11,22H,12-13H2,1-3H3,(H,21,23). The van der Waals surface area contributed by atoms with Crippen molar-refractivity contribution in [3.63, 3.8) is 0 Å². The van der Waals surface area contributed by atoms with Gasteiger partial charge in [-0.2, -0.15) is 0 Å². The number of benzene rings is 2. The lowest BCUT2D eigenvalue weighted by Gasteiger charge is -2.21. The summed E-state index contributed by atoms with van der Waals surface area (Å²) in [6.07, 6.45) is 0. The number of amides is 1. The van der Waals surface area contributed by atoms with Gasteiger partial charge in [0.15, 0.2) is 0 Å². The Labute approximate surface area is 163 Å². The quantitative estimate of drug-likeness (QED) is 0.687. The Hall–Kier alpha value is -1.90. The van der Waals surface area contributed by atoms with Crippen LogP contribution < -0.4 is 10.0 Å². The van der Waals surface area contributed by atoms with Gasteiger partial charge in [0.25, 0.3) is 0 Å². The number of rotatable bonds is 7. The van der Waals surface area contributed by atoms with Crippen molar-refractivity contribution in [3.8, 4) is 0 Å². The van der Waals surface area contributed by atoms with E-state index in [1.165, 1.54) is 30.0 Å². The molecule has 0 spiro atoms. The number of hydrogen-bond donors (Lipinski definition) is 2. The summed E-state index contributed by atoms with van der Waals surface area (Å²) in [5, 5.41) is 2.73. The van der Waals surface area contributed by atoms with E-state index < -0.39 is 15.6 Å². The molecule has 0 heterocycles. The molecule has 27 heavy (non-hydrogen) atoms. The second-order valence-corrected chi connectivity index (χ2v) is 9.68. The number of nitrogens with one attached hydrogen (secondary N) is 2. The summed E-state index contributed by atoms with van der Waals surface area (Å²) in [7, 11) is -3.70. The molecule has 2 aromatic carbocycles. The molecule has 0 atom stereocenters. The van der Waals surface area contributed by atoms with Crippen molar-refractivity contribution in [3.05, 3.63) is 59.9 Å². The number of halogens is 1. The van der Waals surface area contributed by atoms with E-state index in [9.17, 15) is 17.6 Å². The number of thioether (sulfide) groups is 1. The molecule has 0 aliphatic carbocycles. The van der Waals surface area contributed by atoms with E-state index in [0.29, 0.717) is 5.56 Å². The van der Waals surface area contributed by atoms with Crippen molar-refractivity contribution in [2.24, 2.45) is 0 Å². The molecule has 2 rings (SSSR count). The van der Waals surface area contributed by atoms with Crippen molar-refractivity contribution >= 4 is 27.7 Å². The second kappa shape index (κ2) is 8.86. The third-order valence-corrected chi connectivity index (χ3v) is 6.23. The van der Waals surface area contributed by atoms with E-state index >= 15 is 0 Å². The van der Waals surface area contributed by atoms with Crippen LogP contribution in [0.3, 0.4) is 0 Å². The third kappa shape index (κ3) is 6.97. The molecule has 2 aromatic rings. The molecule has 146 valence electrons. The average molecular weight is 411 g/mol. The molecule has 0 aliphatic rings. The van der Waals surface area contributed by atoms with Crippen molar-refractivity contribution in [2.75, 3.05) is 5.75 Å². The van der Waals surface area contributed by atoms with Crippen LogP contribution in [0.4, 0.5) is 4.39 Å². The van der Waals surface area contributed by atoms with Gasteiger partial charge in [0.05, 0.1) is 10.6 Å². The number of sulfonamides is 1. The van der Waals surface area contributed by atoms with Crippen LogP contribution in [0.2, 0.25) is 0 Å². The summed E-state index contributed by atoms with van der Waals surface area (Å²) >= 11 is 1.28. The lowest BCUT2D eigenvalue weighted by atomic mass is 10.1. The smallest absolute Gasteiger partial charge is 0.241 e. The zero-order valence-corrected chi connectivity index (χ0v) is 17.1. The Morgan fingerprint density at radius 3 is 2.33 bits per heavy atom. The van der Waals surface area contributed by atoms with Crippen molar-refractivity contribution in [1.29, 1.82) is 0 Å². The Kier molecular flexibility index (Phi) is 7.02. The number of carbonyl (C=O) groups is 1. The van der Waals surface area contributed by atoms with Gasteiger partial charge in [-0.05, 0) is 56.7 Å². The minimum Gasteiger partial charge on any atom is -0.351 e. The number of carbonyl (C=O) groups excluding carboxylic acids is 1. The molecule has 8 heteroatoms. The fourth-order valence-electron chi connectivity index (χ4n) is 2.29. The lowest BCUT2D eigenvalue weighted by Crippen LogP contribution is -2.41. The van der Waals surface area contributed by atoms with Crippen molar-refractivity contribution < 1.29 is 17.6 Å².